The highest BCUT2D eigenvalue weighted by Gasteiger charge is 2.37. The van der Waals surface area contributed by atoms with Gasteiger partial charge in [-0.3, -0.25) is 9.69 Å². The second-order valence-corrected chi connectivity index (χ2v) is 10.3. The van der Waals surface area contributed by atoms with Gasteiger partial charge < -0.3 is 5.32 Å². The molecule has 0 aromatic heterocycles. The molecule has 0 saturated carbocycles. The molecule has 2 aliphatic rings. The van der Waals surface area contributed by atoms with E-state index in [4.69, 9.17) is 0 Å². The lowest BCUT2D eigenvalue weighted by Gasteiger charge is -2.33. The molecule has 6 nitrogen and oxygen atoms in total. The molecule has 1 N–H and O–H groups in total. The monoisotopic (exact) mass is 441 g/mol. The number of carbonyl (C=O) groups excluding carboxylic acids is 1. The van der Waals surface area contributed by atoms with Gasteiger partial charge in [-0.2, -0.15) is 4.31 Å². The molecule has 4 rings (SSSR count). The Morgan fingerprint density at radius 3 is 2.26 bits per heavy atom. The van der Waals surface area contributed by atoms with Gasteiger partial charge in [-0.1, -0.05) is 48.9 Å². The van der Waals surface area contributed by atoms with Crippen molar-refractivity contribution >= 4 is 15.9 Å². The second-order valence-electron chi connectivity index (χ2n) is 8.41. The van der Waals surface area contributed by atoms with Crippen LogP contribution in [0.5, 0.6) is 0 Å². The van der Waals surface area contributed by atoms with Crippen LogP contribution in [0.25, 0.3) is 0 Å². The summed E-state index contributed by atoms with van der Waals surface area (Å²) in [4.78, 5) is 15.8. The molecule has 1 atom stereocenters. The van der Waals surface area contributed by atoms with Gasteiger partial charge in [0.2, 0.25) is 15.9 Å². The summed E-state index contributed by atoms with van der Waals surface area (Å²) < 4.78 is 27.7. The summed E-state index contributed by atoms with van der Waals surface area (Å²) in [5.41, 5.74) is 2.32. The summed E-state index contributed by atoms with van der Waals surface area (Å²) in [5.74, 6) is -0.213. The van der Waals surface area contributed by atoms with E-state index in [0.29, 0.717) is 19.5 Å². The Morgan fingerprint density at radius 1 is 0.871 bits per heavy atom. The van der Waals surface area contributed by atoms with Crippen LogP contribution in [0.15, 0.2) is 59.5 Å². The van der Waals surface area contributed by atoms with E-state index in [1.807, 2.05) is 18.2 Å². The summed E-state index contributed by atoms with van der Waals surface area (Å²) in [5, 5.41) is 3.02. The maximum Gasteiger partial charge on any atom is 0.243 e. The maximum absolute atomic E-state index is 13.2. The molecule has 166 valence electrons. The summed E-state index contributed by atoms with van der Waals surface area (Å²) in [6.45, 7) is 3.92. The van der Waals surface area contributed by atoms with E-state index in [1.54, 1.807) is 30.3 Å². The van der Waals surface area contributed by atoms with Gasteiger partial charge in [0, 0.05) is 19.6 Å². The molecule has 0 bridgehead atoms. The van der Waals surface area contributed by atoms with Crippen molar-refractivity contribution in [1.82, 2.24) is 14.5 Å². The average Bonchev–Trinajstić information content (AvgIpc) is 3.32. The predicted molar refractivity (Wildman–Crippen MR) is 121 cm³/mol. The molecule has 2 aromatic carbocycles. The highest BCUT2D eigenvalue weighted by atomic mass is 32.2. The number of amides is 1. The van der Waals surface area contributed by atoms with Crippen LogP contribution in [0.2, 0.25) is 0 Å². The van der Waals surface area contributed by atoms with Crippen LogP contribution in [-0.2, 0) is 27.9 Å². The Balaban J connectivity index is 1.45. The molecule has 31 heavy (non-hydrogen) atoms. The van der Waals surface area contributed by atoms with Crippen molar-refractivity contribution in [3.63, 3.8) is 0 Å². The maximum atomic E-state index is 13.2. The molecular weight excluding hydrogens is 410 g/mol. The molecule has 2 aromatic rings. The van der Waals surface area contributed by atoms with E-state index in [1.165, 1.54) is 22.7 Å². The van der Waals surface area contributed by atoms with Gasteiger partial charge in [0.25, 0.3) is 0 Å². The first-order valence-corrected chi connectivity index (χ1v) is 12.6. The quantitative estimate of drug-likeness (QED) is 0.717. The molecule has 2 saturated heterocycles. The smallest absolute Gasteiger partial charge is 0.243 e. The fourth-order valence-electron chi connectivity index (χ4n) is 4.55. The number of hydrogen-bond donors (Lipinski definition) is 1. The number of rotatable bonds is 7. The molecular formula is C24H31N3O3S. The molecule has 0 aliphatic carbocycles. The zero-order valence-electron chi connectivity index (χ0n) is 17.9. The average molecular weight is 442 g/mol. The predicted octanol–water partition coefficient (Wildman–Crippen LogP) is 3.14. The van der Waals surface area contributed by atoms with Crippen LogP contribution in [0.1, 0.15) is 43.2 Å². The molecule has 7 heteroatoms. The molecule has 0 spiro atoms. The van der Waals surface area contributed by atoms with Gasteiger partial charge >= 0.3 is 0 Å². The summed E-state index contributed by atoms with van der Waals surface area (Å²) in [6.07, 6.45) is 4.66. The number of likely N-dealkylation sites (tertiary alicyclic amines) is 1. The minimum atomic E-state index is -3.70. The first kappa shape index (κ1) is 22.0. The minimum Gasteiger partial charge on any atom is -0.351 e. The molecule has 0 radical (unpaired) electrons. The standard InChI is InChI=1S/C24H31N3O3S/c28-24(25-18-20-10-4-5-11-21(20)19-26-15-8-9-16-26)23-14-6-7-17-27(23)31(29,30)22-12-2-1-3-13-22/h1-5,10-13,23H,6-9,14-19H2,(H,25,28). The lowest BCUT2D eigenvalue weighted by Crippen LogP contribution is -2.51. The minimum absolute atomic E-state index is 0.213. The zero-order chi connectivity index (χ0) is 21.7. The van der Waals surface area contributed by atoms with Crippen molar-refractivity contribution in [2.24, 2.45) is 0 Å². The van der Waals surface area contributed by atoms with Crippen molar-refractivity contribution < 1.29 is 13.2 Å². The number of benzene rings is 2. The van der Waals surface area contributed by atoms with Crippen molar-refractivity contribution in [2.45, 2.75) is 56.1 Å². The molecule has 1 unspecified atom stereocenters. The van der Waals surface area contributed by atoms with Crippen molar-refractivity contribution in [2.75, 3.05) is 19.6 Å². The SMILES string of the molecule is O=C(NCc1ccccc1CN1CCCC1)C1CCCCN1S(=O)(=O)c1ccccc1. The number of nitrogens with one attached hydrogen (secondary N) is 1. The fourth-order valence-corrected chi connectivity index (χ4v) is 6.23. The van der Waals surface area contributed by atoms with Crippen LogP contribution < -0.4 is 5.32 Å². The van der Waals surface area contributed by atoms with E-state index in [-0.39, 0.29) is 10.8 Å². The first-order chi connectivity index (χ1) is 15.1. The van der Waals surface area contributed by atoms with Gasteiger partial charge in [-0.15, -0.1) is 0 Å². The Bertz CT molecular complexity index is 988. The third-order valence-electron chi connectivity index (χ3n) is 6.27. The van der Waals surface area contributed by atoms with Crippen LogP contribution in [0, 0.1) is 0 Å². The van der Waals surface area contributed by atoms with E-state index in [2.05, 4.69) is 16.3 Å². The second kappa shape index (κ2) is 9.94. The number of sulfonamides is 1. The lowest BCUT2D eigenvalue weighted by atomic mass is 10.0. The molecule has 1 amide bonds. The molecule has 2 aliphatic heterocycles. The van der Waals surface area contributed by atoms with Crippen molar-refractivity contribution in [3.05, 3.63) is 65.7 Å². The third kappa shape index (κ3) is 5.17. The summed E-state index contributed by atoms with van der Waals surface area (Å²) >= 11 is 0. The van der Waals surface area contributed by atoms with E-state index in [0.717, 1.165) is 38.0 Å². The normalized spacial score (nSPS) is 20.6. The molecule has 2 heterocycles. The third-order valence-corrected chi connectivity index (χ3v) is 8.19. The number of carbonyl (C=O) groups is 1. The highest BCUT2D eigenvalue weighted by molar-refractivity contribution is 7.89. The van der Waals surface area contributed by atoms with Gasteiger partial charge in [0.1, 0.15) is 6.04 Å². The largest absolute Gasteiger partial charge is 0.351 e. The fraction of sp³-hybridized carbons (Fsp3) is 0.458. The number of nitrogens with zero attached hydrogens (tertiary/aromatic N) is 2. The Hall–Kier alpha value is -2.22. The Morgan fingerprint density at radius 2 is 1.52 bits per heavy atom. The van der Waals surface area contributed by atoms with Crippen LogP contribution in [-0.4, -0.2) is 49.2 Å². The Labute approximate surface area is 185 Å². The summed E-state index contributed by atoms with van der Waals surface area (Å²) in [6, 6.07) is 15.9. The van der Waals surface area contributed by atoms with Gasteiger partial charge in [-0.25, -0.2) is 8.42 Å². The first-order valence-electron chi connectivity index (χ1n) is 11.2. The van der Waals surface area contributed by atoms with Crippen LogP contribution >= 0.6 is 0 Å². The summed E-state index contributed by atoms with van der Waals surface area (Å²) in [7, 11) is -3.70. The van der Waals surface area contributed by atoms with Crippen molar-refractivity contribution in [3.8, 4) is 0 Å². The van der Waals surface area contributed by atoms with Gasteiger partial charge in [0.15, 0.2) is 0 Å². The van der Waals surface area contributed by atoms with E-state index in [9.17, 15) is 13.2 Å². The van der Waals surface area contributed by atoms with E-state index >= 15 is 0 Å². The van der Waals surface area contributed by atoms with Crippen LogP contribution in [0.4, 0.5) is 0 Å². The van der Waals surface area contributed by atoms with Gasteiger partial charge in [0.05, 0.1) is 4.90 Å². The lowest BCUT2D eigenvalue weighted by molar-refractivity contribution is -0.125. The van der Waals surface area contributed by atoms with E-state index < -0.39 is 16.1 Å². The zero-order valence-corrected chi connectivity index (χ0v) is 18.7. The van der Waals surface area contributed by atoms with Crippen molar-refractivity contribution in [1.29, 1.82) is 0 Å². The van der Waals surface area contributed by atoms with Crippen LogP contribution in [0.3, 0.4) is 0 Å². The topological polar surface area (TPSA) is 69.7 Å². The Kier molecular flexibility index (Phi) is 7.05. The number of hydrogen-bond acceptors (Lipinski definition) is 4. The highest BCUT2D eigenvalue weighted by Crippen LogP contribution is 2.25. The molecule has 2 fully saturated rings. The number of piperidine rings is 1. The van der Waals surface area contributed by atoms with Gasteiger partial charge in [-0.05, 0) is 62.0 Å².